The van der Waals surface area contributed by atoms with Crippen molar-refractivity contribution in [3.8, 4) is 5.75 Å². The smallest absolute Gasteiger partial charge is 0.309 e. The molecule has 2 saturated carbocycles. The van der Waals surface area contributed by atoms with Gasteiger partial charge in [-0.2, -0.15) is 0 Å². The molecule has 0 saturated heterocycles. The third-order valence-corrected chi connectivity index (χ3v) is 6.32. The van der Waals surface area contributed by atoms with Crippen molar-refractivity contribution in [2.24, 2.45) is 35.5 Å². The molecule has 2 aliphatic rings. The fourth-order valence-electron chi connectivity index (χ4n) is 4.98. The molecule has 0 aliphatic heterocycles. The Hall–Kier alpha value is -2.57. The highest BCUT2D eigenvalue weighted by Gasteiger charge is 2.64. The Kier molecular flexibility index (Phi) is 5.91. The molecule has 1 aromatic carbocycles. The first-order valence-corrected chi connectivity index (χ1v) is 9.38. The van der Waals surface area contributed by atoms with Crippen molar-refractivity contribution >= 4 is 17.9 Å². The van der Waals surface area contributed by atoms with Crippen molar-refractivity contribution in [1.29, 1.82) is 0 Å². The number of carbonyl (C=O) groups is 3. The summed E-state index contributed by atoms with van der Waals surface area (Å²) in [6.07, 6.45) is 0.614. The van der Waals surface area contributed by atoms with E-state index < -0.39 is 29.7 Å². The maximum Gasteiger partial charge on any atom is 0.309 e. The summed E-state index contributed by atoms with van der Waals surface area (Å²) in [5, 5.41) is 0. The summed E-state index contributed by atoms with van der Waals surface area (Å²) >= 11 is 0. The van der Waals surface area contributed by atoms with Crippen LogP contribution in [0.15, 0.2) is 24.3 Å². The number of rotatable bonds is 6. The second kappa shape index (κ2) is 8.20. The van der Waals surface area contributed by atoms with Gasteiger partial charge in [0.15, 0.2) is 0 Å². The molecule has 0 heterocycles. The summed E-state index contributed by atoms with van der Waals surface area (Å²) in [6.45, 7) is 2.08. The number of benzene rings is 1. The summed E-state index contributed by atoms with van der Waals surface area (Å²) < 4.78 is 20.5. The molecule has 0 N–H and O–H groups in total. The van der Waals surface area contributed by atoms with Crippen molar-refractivity contribution in [2.45, 2.75) is 20.0 Å². The summed E-state index contributed by atoms with van der Waals surface area (Å²) in [5.41, 5.74) is 0.849. The molecule has 3 rings (SSSR count). The van der Waals surface area contributed by atoms with Gasteiger partial charge in [0.2, 0.25) is 0 Å². The third kappa shape index (κ3) is 3.45. The number of hydrogen-bond donors (Lipinski definition) is 0. The monoisotopic (exact) mass is 390 g/mol. The maximum absolute atomic E-state index is 12.8. The van der Waals surface area contributed by atoms with Crippen molar-refractivity contribution in [1.82, 2.24) is 0 Å². The maximum atomic E-state index is 12.8. The number of carbonyl (C=O) groups excluding carboxylic acids is 3. The minimum absolute atomic E-state index is 0.0710. The second-order valence-corrected chi connectivity index (χ2v) is 7.50. The van der Waals surface area contributed by atoms with Crippen molar-refractivity contribution in [2.75, 3.05) is 21.3 Å². The average Bonchev–Trinajstić information content (AvgIpc) is 3.26. The first kappa shape index (κ1) is 20.2. The van der Waals surface area contributed by atoms with Gasteiger partial charge in [-0.15, -0.1) is 0 Å². The first-order valence-electron chi connectivity index (χ1n) is 9.38. The highest BCUT2D eigenvalue weighted by molar-refractivity contribution is 5.86. The zero-order valence-electron chi connectivity index (χ0n) is 16.5. The summed E-state index contributed by atoms with van der Waals surface area (Å²) in [7, 11) is 4.20. The lowest BCUT2D eigenvalue weighted by Gasteiger charge is -2.35. The van der Waals surface area contributed by atoms with Gasteiger partial charge in [0, 0.05) is 0 Å². The summed E-state index contributed by atoms with van der Waals surface area (Å²) in [4.78, 5) is 37.4. The van der Waals surface area contributed by atoms with E-state index in [4.69, 9.17) is 18.9 Å². The standard InChI is InChI=1S/C21H26O7/c1-11-14-9-15(18(20(23)27-4)17(14)19(22)26-3)16(11)21(24)28-10-12-5-7-13(25-2)8-6-12/h5-8,11,14-18H,9-10H2,1-4H3/t11-,14?,15?,16-,17-,18+/m1/s1. The van der Waals surface area contributed by atoms with E-state index in [1.807, 2.05) is 19.1 Å². The van der Waals surface area contributed by atoms with E-state index >= 15 is 0 Å². The van der Waals surface area contributed by atoms with Crippen LogP contribution in [0, 0.1) is 35.5 Å². The number of methoxy groups -OCH3 is 3. The Bertz CT molecular complexity index is 742. The average molecular weight is 390 g/mol. The van der Waals surface area contributed by atoms with Gasteiger partial charge >= 0.3 is 17.9 Å². The van der Waals surface area contributed by atoms with Crippen molar-refractivity contribution in [3.63, 3.8) is 0 Å². The Morgan fingerprint density at radius 1 is 0.857 bits per heavy atom. The van der Waals surface area contributed by atoms with E-state index in [0.717, 1.165) is 11.3 Å². The molecular weight excluding hydrogens is 364 g/mol. The van der Waals surface area contributed by atoms with E-state index in [1.165, 1.54) is 14.2 Å². The van der Waals surface area contributed by atoms with Gasteiger partial charge in [-0.25, -0.2) is 0 Å². The molecule has 2 fully saturated rings. The molecule has 6 atom stereocenters. The number of hydrogen-bond acceptors (Lipinski definition) is 7. The minimum atomic E-state index is -0.669. The van der Waals surface area contributed by atoms with Crippen LogP contribution in [-0.2, 0) is 35.2 Å². The van der Waals surface area contributed by atoms with Crippen LogP contribution in [0.25, 0.3) is 0 Å². The Labute approximate surface area is 164 Å². The molecule has 7 heteroatoms. The van der Waals surface area contributed by atoms with Crippen LogP contribution in [0.1, 0.15) is 18.9 Å². The van der Waals surface area contributed by atoms with Gasteiger partial charge in [-0.1, -0.05) is 19.1 Å². The molecule has 2 aliphatic carbocycles. The van der Waals surface area contributed by atoms with E-state index in [0.29, 0.717) is 6.42 Å². The SMILES string of the molecule is COC(=O)[C@@H]1C2CC([C@H](C(=O)OCc3ccc(OC)cc3)[C@@H]2C)[C@@H]1C(=O)OC. The van der Waals surface area contributed by atoms with E-state index in [2.05, 4.69) is 0 Å². The minimum Gasteiger partial charge on any atom is -0.497 e. The zero-order valence-corrected chi connectivity index (χ0v) is 16.5. The Balaban J connectivity index is 1.72. The topological polar surface area (TPSA) is 88.1 Å². The quantitative estimate of drug-likeness (QED) is 0.544. The summed E-state index contributed by atoms with van der Waals surface area (Å²) in [5.74, 6) is -2.62. The number of fused-ring (bicyclic) bond motifs is 2. The largest absolute Gasteiger partial charge is 0.497 e. The van der Waals surface area contributed by atoms with Crippen LogP contribution >= 0.6 is 0 Å². The van der Waals surface area contributed by atoms with E-state index in [9.17, 15) is 14.4 Å². The molecule has 2 unspecified atom stereocenters. The van der Waals surface area contributed by atoms with Crippen LogP contribution in [0.3, 0.4) is 0 Å². The molecule has 28 heavy (non-hydrogen) atoms. The molecule has 0 spiro atoms. The zero-order chi connectivity index (χ0) is 20.4. The highest BCUT2D eigenvalue weighted by Crippen LogP contribution is 2.59. The molecule has 152 valence electrons. The predicted molar refractivity (Wildman–Crippen MR) is 98.1 cm³/mol. The van der Waals surface area contributed by atoms with Crippen LogP contribution < -0.4 is 4.74 Å². The number of esters is 3. The normalized spacial score (nSPS) is 30.6. The van der Waals surface area contributed by atoms with Gasteiger partial charge in [0.05, 0.1) is 39.1 Å². The van der Waals surface area contributed by atoms with Gasteiger partial charge in [0.1, 0.15) is 12.4 Å². The first-order chi connectivity index (χ1) is 13.4. The van der Waals surface area contributed by atoms with Crippen LogP contribution in [0.5, 0.6) is 5.75 Å². The fraction of sp³-hybridized carbons (Fsp3) is 0.571. The van der Waals surface area contributed by atoms with Gasteiger partial charge in [-0.3, -0.25) is 14.4 Å². The van der Waals surface area contributed by atoms with Gasteiger partial charge in [-0.05, 0) is 41.9 Å². The molecule has 0 amide bonds. The van der Waals surface area contributed by atoms with Crippen molar-refractivity contribution < 1.29 is 33.3 Å². The molecular formula is C21H26O7. The number of ether oxygens (including phenoxy) is 4. The van der Waals surface area contributed by atoms with Crippen LogP contribution in [0.4, 0.5) is 0 Å². The lowest BCUT2D eigenvalue weighted by molar-refractivity contribution is -0.168. The molecule has 7 nitrogen and oxygen atoms in total. The lowest BCUT2D eigenvalue weighted by Crippen LogP contribution is -2.45. The van der Waals surface area contributed by atoms with E-state index in [1.54, 1.807) is 19.2 Å². The van der Waals surface area contributed by atoms with Crippen LogP contribution in [0.2, 0.25) is 0 Å². The van der Waals surface area contributed by atoms with E-state index in [-0.39, 0.29) is 30.3 Å². The van der Waals surface area contributed by atoms with Crippen LogP contribution in [-0.4, -0.2) is 39.2 Å². The molecule has 0 radical (unpaired) electrons. The Morgan fingerprint density at radius 3 is 1.96 bits per heavy atom. The summed E-state index contributed by atoms with van der Waals surface area (Å²) in [6, 6.07) is 7.27. The van der Waals surface area contributed by atoms with Gasteiger partial charge in [0.25, 0.3) is 0 Å². The fourth-order valence-corrected chi connectivity index (χ4v) is 4.98. The molecule has 1 aromatic rings. The molecule has 2 bridgehead atoms. The highest BCUT2D eigenvalue weighted by atomic mass is 16.5. The lowest BCUT2D eigenvalue weighted by atomic mass is 9.68. The second-order valence-electron chi connectivity index (χ2n) is 7.50. The predicted octanol–water partition coefficient (Wildman–Crippen LogP) is 2.22. The Morgan fingerprint density at radius 2 is 1.43 bits per heavy atom. The molecule has 0 aromatic heterocycles. The van der Waals surface area contributed by atoms with Crippen molar-refractivity contribution in [3.05, 3.63) is 29.8 Å². The third-order valence-electron chi connectivity index (χ3n) is 6.32. The van der Waals surface area contributed by atoms with Gasteiger partial charge < -0.3 is 18.9 Å².